The Morgan fingerprint density at radius 3 is 2.83 bits per heavy atom. The van der Waals surface area contributed by atoms with E-state index in [4.69, 9.17) is 11.6 Å². The summed E-state index contributed by atoms with van der Waals surface area (Å²) in [5.74, 6) is 0.991. The molecule has 1 atom stereocenters. The molecular weight excluding hydrogens is 272 g/mol. The molecule has 1 aromatic carbocycles. The number of thioether (sulfide) groups is 1. The molecule has 1 rings (SSSR count). The predicted octanol–water partition coefficient (Wildman–Crippen LogP) is 3.48. The maximum Gasteiger partial charge on any atom is 0.273 e. The van der Waals surface area contributed by atoms with E-state index in [0.29, 0.717) is 23.2 Å². The zero-order valence-corrected chi connectivity index (χ0v) is 12.1. The average molecular weight is 289 g/mol. The highest BCUT2D eigenvalue weighted by atomic mass is 35.5. The SMILES string of the molecule is CCC(CSC)NCc1cc(Cl)ccc1[N+](=O)[O-]. The molecule has 6 heteroatoms. The molecule has 100 valence electrons. The van der Waals surface area contributed by atoms with Crippen LogP contribution in [0.3, 0.4) is 0 Å². The van der Waals surface area contributed by atoms with E-state index in [9.17, 15) is 10.1 Å². The van der Waals surface area contributed by atoms with E-state index in [2.05, 4.69) is 12.2 Å². The van der Waals surface area contributed by atoms with E-state index in [-0.39, 0.29) is 10.6 Å². The summed E-state index contributed by atoms with van der Waals surface area (Å²) in [7, 11) is 0. The first kappa shape index (κ1) is 15.3. The molecule has 0 saturated carbocycles. The summed E-state index contributed by atoms with van der Waals surface area (Å²) in [4.78, 5) is 10.5. The fourth-order valence-electron chi connectivity index (χ4n) is 1.65. The third kappa shape index (κ3) is 4.48. The van der Waals surface area contributed by atoms with Gasteiger partial charge < -0.3 is 5.32 Å². The molecule has 1 aromatic rings. The zero-order chi connectivity index (χ0) is 13.5. The summed E-state index contributed by atoms with van der Waals surface area (Å²) in [6.07, 6.45) is 3.04. The maximum atomic E-state index is 10.9. The molecule has 1 N–H and O–H groups in total. The van der Waals surface area contributed by atoms with Crippen molar-refractivity contribution < 1.29 is 4.92 Å². The van der Waals surface area contributed by atoms with Crippen LogP contribution in [0.5, 0.6) is 0 Å². The molecule has 0 aliphatic carbocycles. The highest BCUT2D eigenvalue weighted by Gasteiger charge is 2.14. The number of hydrogen-bond acceptors (Lipinski definition) is 4. The van der Waals surface area contributed by atoms with Gasteiger partial charge in [0.2, 0.25) is 0 Å². The van der Waals surface area contributed by atoms with Crippen LogP contribution in [-0.4, -0.2) is 23.0 Å². The van der Waals surface area contributed by atoms with Gasteiger partial charge in [-0.3, -0.25) is 10.1 Å². The number of nitro benzene ring substituents is 1. The lowest BCUT2D eigenvalue weighted by Gasteiger charge is -2.15. The number of nitro groups is 1. The van der Waals surface area contributed by atoms with Crippen LogP contribution in [0.1, 0.15) is 18.9 Å². The van der Waals surface area contributed by atoms with Crippen molar-refractivity contribution in [1.29, 1.82) is 0 Å². The smallest absolute Gasteiger partial charge is 0.273 e. The van der Waals surface area contributed by atoms with Gasteiger partial charge in [-0.2, -0.15) is 11.8 Å². The first-order valence-electron chi connectivity index (χ1n) is 5.73. The number of nitrogens with zero attached hydrogens (tertiary/aromatic N) is 1. The normalized spacial score (nSPS) is 12.4. The van der Waals surface area contributed by atoms with Crippen LogP contribution in [0.2, 0.25) is 5.02 Å². The summed E-state index contributed by atoms with van der Waals surface area (Å²) in [5, 5.41) is 14.8. The molecule has 0 bridgehead atoms. The monoisotopic (exact) mass is 288 g/mol. The molecule has 0 spiro atoms. The lowest BCUT2D eigenvalue weighted by Crippen LogP contribution is -2.30. The van der Waals surface area contributed by atoms with E-state index >= 15 is 0 Å². The second-order valence-corrected chi connectivity index (χ2v) is 5.32. The molecule has 4 nitrogen and oxygen atoms in total. The summed E-state index contributed by atoms with van der Waals surface area (Å²) in [5.41, 5.74) is 0.748. The predicted molar refractivity (Wildman–Crippen MR) is 77.4 cm³/mol. The number of benzene rings is 1. The molecule has 0 saturated heterocycles. The fraction of sp³-hybridized carbons (Fsp3) is 0.500. The van der Waals surface area contributed by atoms with Gasteiger partial charge in [-0.15, -0.1) is 0 Å². The van der Waals surface area contributed by atoms with Gasteiger partial charge in [0.15, 0.2) is 0 Å². The topological polar surface area (TPSA) is 55.2 Å². The van der Waals surface area contributed by atoms with E-state index < -0.39 is 0 Å². The maximum absolute atomic E-state index is 10.9. The number of halogens is 1. The van der Waals surface area contributed by atoms with Crippen LogP contribution in [-0.2, 0) is 6.54 Å². The van der Waals surface area contributed by atoms with Crippen LogP contribution in [0.4, 0.5) is 5.69 Å². The van der Waals surface area contributed by atoms with Gasteiger partial charge in [0.25, 0.3) is 5.69 Å². The van der Waals surface area contributed by atoms with Gasteiger partial charge in [-0.25, -0.2) is 0 Å². The second-order valence-electron chi connectivity index (χ2n) is 3.97. The van der Waals surface area contributed by atoms with Crippen LogP contribution < -0.4 is 5.32 Å². The zero-order valence-electron chi connectivity index (χ0n) is 10.5. The van der Waals surface area contributed by atoms with E-state index in [1.165, 1.54) is 6.07 Å². The van der Waals surface area contributed by atoms with Gasteiger partial charge in [-0.1, -0.05) is 18.5 Å². The van der Waals surface area contributed by atoms with Crippen molar-refractivity contribution in [2.45, 2.75) is 25.9 Å². The minimum absolute atomic E-state index is 0.117. The van der Waals surface area contributed by atoms with Gasteiger partial charge in [0, 0.05) is 35.0 Å². The van der Waals surface area contributed by atoms with Crippen molar-refractivity contribution in [2.24, 2.45) is 0 Å². The average Bonchev–Trinajstić information content (AvgIpc) is 2.34. The summed E-state index contributed by atoms with van der Waals surface area (Å²) in [6, 6.07) is 5.01. The van der Waals surface area contributed by atoms with Gasteiger partial charge in [-0.05, 0) is 24.8 Å². The Balaban J connectivity index is 2.76. The minimum Gasteiger partial charge on any atom is -0.309 e. The van der Waals surface area contributed by atoms with Crippen LogP contribution in [0.15, 0.2) is 18.2 Å². The summed E-state index contributed by atoms with van der Waals surface area (Å²) in [6.45, 7) is 2.57. The Morgan fingerprint density at radius 2 is 2.28 bits per heavy atom. The largest absolute Gasteiger partial charge is 0.309 e. The van der Waals surface area contributed by atoms with Crippen LogP contribution in [0, 0.1) is 10.1 Å². The van der Waals surface area contributed by atoms with Crippen LogP contribution >= 0.6 is 23.4 Å². The molecule has 1 unspecified atom stereocenters. The first-order chi connectivity index (χ1) is 8.58. The molecule has 0 amide bonds. The van der Waals surface area contributed by atoms with Gasteiger partial charge in [0.1, 0.15) is 0 Å². The molecular formula is C12H17ClN2O2S. The summed E-state index contributed by atoms with van der Waals surface area (Å²) >= 11 is 7.64. The van der Waals surface area contributed by atoms with Crippen molar-refractivity contribution in [2.75, 3.05) is 12.0 Å². The van der Waals surface area contributed by atoms with Crippen LogP contribution in [0.25, 0.3) is 0 Å². The Labute approximate surface area is 116 Å². The lowest BCUT2D eigenvalue weighted by atomic mass is 10.1. The quantitative estimate of drug-likeness (QED) is 0.616. The Kier molecular flexibility index (Phi) is 6.46. The molecule has 0 heterocycles. The van der Waals surface area contributed by atoms with Crippen molar-refractivity contribution in [3.8, 4) is 0 Å². The number of rotatable bonds is 7. The third-order valence-corrected chi connectivity index (χ3v) is 3.65. The molecule has 0 aliphatic heterocycles. The van der Waals surface area contributed by atoms with Gasteiger partial charge in [0.05, 0.1) is 4.92 Å². The lowest BCUT2D eigenvalue weighted by molar-refractivity contribution is -0.385. The van der Waals surface area contributed by atoms with Crippen molar-refractivity contribution in [3.05, 3.63) is 38.9 Å². The molecule has 0 fully saturated rings. The number of hydrogen-bond donors (Lipinski definition) is 1. The Bertz CT molecular complexity index is 415. The Morgan fingerprint density at radius 1 is 1.56 bits per heavy atom. The molecule has 0 aliphatic rings. The minimum atomic E-state index is -0.372. The third-order valence-electron chi connectivity index (χ3n) is 2.68. The van der Waals surface area contributed by atoms with Crippen molar-refractivity contribution in [1.82, 2.24) is 5.32 Å². The molecule has 18 heavy (non-hydrogen) atoms. The standard InChI is InChI=1S/C12H17ClN2O2S/c1-3-11(8-18-2)14-7-9-6-10(13)4-5-12(9)15(16)17/h4-6,11,14H,3,7-8H2,1-2H3. The number of nitrogens with one attached hydrogen (secondary N) is 1. The van der Waals surface area contributed by atoms with E-state index in [0.717, 1.165) is 12.2 Å². The van der Waals surface area contributed by atoms with Gasteiger partial charge >= 0.3 is 0 Å². The fourth-order valence-corrected chi connectivity index (χ4v) is 2.60. The Hall–Kier alpha value is -0.780. The second kappa shape index (κ2) is 7.61. The van der Waals surface area contributed by atoms with E-state index in [1.54, 1.807) is 23.9 Å². The highest BCUT2D eigenvalue weighted by molar-refractivity contribution is 7.98. The molecule has 0 radical (unpaired) electrons. The van der Waals surface area contributed by atoms with Crippen molar-refractivity contribution in [3.63, 3.8) is 0 Å². The first-order valence-corrected chi connectivity index (χ1v) is 7.50. The molecule has 0 aromatic heterocycles. The van der Waals surface area contributed by atoms with E-state index in [1.807, 2.05) is 6.26 Å². The summed E-state index contributed by atoms with van der Waals surface area (Å²) < 4.78 is 0. The van der Waals surface area contributed by atoms with Crippen molar-refractivity contribution >= 4 is 29.1 Å². The highest BCUT2D eigenvalue weighted by Crippen LogP contribution is 2.22.